The minimum absolute atomic E-state index is 0.258. The zero-order chi connectivity index (χ0) is 15.5. The number of amides is 1. The molecule has 6 nitrogen and oxygen atoms in total. The lowest BCUT2D eigenvalue weighted by Crippen LogP contribution is -2.26. The molecular weight excluding hydrogens is 302 g/mol. The SMILES string of the molecule is CCn1cc(Cl)c(C(=O)NCCc2nc3ccccc3[nH]2)n1. The van der Waals surface area contributed by atoms with Crippen molar-refractivity contribution in [3.8, 4) is 0 Å². The number of hydrogen-bond donors (Lipinski definition) is 2. The van der Waals surface area contributed by atoms with Crippen molar-refractivity contribution in [2.45, 2.75) is 19.9 Å². The van der Waals surface area contributed by atoms with Gasteiger partial charge in [-0.1, -0.05) is 23.7 Å². The van der Waals surface area contributed by atoms with Crippen molar-refractivity contribution in [3.63, 3.8) is 0 Å². The van der Waals surface area contributed by atoms with Crippen LogP contribution in [0.3, 0.4) is 0 Å². The number of carbonyl (C=O) groups is 1. The van der Waals surface area contributed by atoms with Gasteiger partial charge in [-0.25, -0.2) is 4.98 Å². The smallest absolute Gasteiger partial charge is 0.273 e. The molecule has 3 aromatic rings. The van der Waals surface area contributed by atoms with Gasteiger partial charge in [0, 0.05) is 25.7 Å². The molecule has 0 atom stereocenters. The van der Waals surface area contributed by atoms with Gasteiger partial charge in [0.25, 0.3) is 5.91 Å². The first-order chi connectivity index (χ1) is 10.7. The van der Waals surface area contributed by atoms with Crippen molar-refractivity contribution in [3.05, 3.63) is 47.0 Å². The van der Waals surface area contributed by atoms with Crippen molar-refractivity contribution in [1.82, 2.24) is 25.1 Å². The molecule has 2 heterocycles. The van der Waals surface area contributed by atoms with Crippen LogP contribution in [0.2, 0.25) is 5.02 Å². The number of aryl methyl sites for hydroxylation is 1. The van der Waals surface area contributed by atoms with Crippen LogP contribution in [0.1, 0.15) is 23.2 Å². The Bertz CT molecular complexity index is 774. The average molecular weight is 318 g/mol. The molecule has 22 heavy (non-hydrogen) atoms. The third-order valence-electron chi connectivity index (χ3n) is 3.34. The second-order valence-electron chi connectivity index (χ2n) is 4.89. The molecule has 114 valence electrons. The number of fused-ring (bicyclic) bond motifs is 1. The van der Waals surface area contributed by atoms with E-state index >= 15 is 0 Å². The predicted octanol–water partition coefficient (Wildman–Crippen LogP) is 2.41. The number of hydrogen-bond acceptors (Lipinski definition) is 3. The second kappa shape index (κ2) is 6.19. The lowest BCUT2D eigenvalue weighted by molar-refractivity contribution is 0.0948. The summed E-state index contributed by atoms with van der Waals surface area (Å²) in [6, 6.07) is 7.82. The molecule has 7 heteroatoms. The van der Waals surface area contributed by atoms with Crippen LogP contribution in [0.5, 0.6) is 0 Å². The number of aromatic nitrogens is 4. The topological polar surface area (TPSA) is 75.6 Å². The summed E-state index contributed by atoms with van der Waals surface area (Å²) in [5.74, 6) is 0.569. The summed E-state index contributed by atoms with van der Waals surface area (Å²) in [7, 11) is 0. The molecular formula is C15H16ClN5O. The standard InChI is InChI=1S/C15H16ClN5O/c1-2-21-9-10(16)14(20-21)15(22)17-8-7-13-18-11-5-3-4-6-12(11)19-13/h3-6,9H,2,7-8H2,1H3,(H,17,22)(H,18,19). The molecule has 0 unspecified atom stereocenters. The van der Waals surface area contributed by atoms with Gasteiger partial charge >= 0.3 is 0 Å². The number of carbonyl (C=O) groups excluding carboxylic acids is 1. The van der Waals surface area contributed by atoms with E-state index in [1.165, 1.54) is 0 Å². The number of imidazole rings is 1. The molecule has 0 radical (unpaired) electrons. The van der Waals surface area contributed by atoms with E-state index in [1.54, 1.807) is 10.9 Å². The van der Waals surface area contributed by atoms with Crippen LogP contribution < -0.4 is 5.32 Å². The maximum absolute atomic E-state index is 12.1. The van der Waals surface area contributed by atoms with E-state index in [4.69, 9.17) is 11.6 Å². The van der Waals surface area contributed by atoms with Gasteiger partial charge in [0.1, 0.15) is 5.82 Å². The molecule has 0 aliphatic rings. The monoisotopic (exact) mass is 317 g/mol. The average Bonchev–Trinajstić information content (AvgIpc) is 3.09. The summed E-state index contributed by atoms with van der Waals surface area (Å²) in [5.41, 5.74) is 2.18. The minimum Gasteiger partial charge on any atom is -0.350 e. The summed E-state index contributed by atoms with van der Waals surface area (Å²) in [5, 5.41) is 7.31. The van der Waals surface area contributed by atoms with Crippen LogP contribution in [-0.4, -0.2) is 32.2 Å². The molecule has 2 aromatic heterocycles. The van der Waals surface area contributed by atoms with Gasteiger partial charge in [-0.15, -0.1) is 0 Å². The van der Waals surface area contributed by atoms with Crippen LogP contribution in [0, 0.1) is 0 Å². The van der Waals surface area contributed by atoms with E-state index in [-0.39, 0.29) is 11.6 Å². The highest BCUT2D eigenvalue weighted by molar-refractivity contribution is 6.33. The van der Waals surface area contributed by atoms with E-state index in [0.717, 1.165) is 16.9 Å². The predicted molar refractivity (Wildman–Crippen MR) is 85.0 cm³/mol. The molecule has 0 spiro atoms. The van der Waals surface area contributed by atoms with Crippen molar-refractivity contribution in [2.24, 2.45) is 0 Å². The zero-order valence-electron chi connectivity index (χ0n) is 12.1. The Morgan fingerprint density at radius 2 is 2.23 bits per heavy atom. The summed E-state index contributed by atoms with van der Waals surface area (Å²) in [4.78, 5) is 19.7. The summed E-state index contributed by atoms with van der Waals surface area (Å²) in [6.45, 7) is 3.08. The Morgan fingerprint density at radius 3 is 2.95 bits per heavy atom. The highest BCUT2D eigenvalue weighted by Crippen LogP contribution is 2.14. The lowest BCUT2D eigenvalue weighted by atomic mass is 10.3. The van der Waals surface area contributed by atoms with E-state index < -0.39 is 0 Å². The Hall–Kier alpha value is -2.34. The first kappa shape index (κ1) is 14.6. The molecule has 1 aromatic carbocycles. The number of halogens is 1. The Labute approximate surface area is 132 Å². The Balaban J connectivity index is 1.60. The van der Waals surface area contributed by atoms with E-state index in [9.17, 15) is 4.79 Å². The highest BCUT2D eigenvalue weighted by atomic mass is 35.5. The van der Waals surface area contributed by atoms with E-state index in [1.807, 2.05) is 31.2 Å². The number of H-pyrrole nitrogens is 1. The summed E-state index contributed by atoms with van der Waals surface area (Å²) in [6.07, 6.45) is 2.27. The van der Waals surface area contributed by atoms with Crippen LogP contribution in [0.25, 0.3) is 11.0 Å². The number of rotatable bonds is 5. The second-order valence-corrected chi connectivity index (χ2v) is 5.30. The quantitative estimate of drug-likeness (QED) is 0.758. The van der Waals surface area contributed by atoms with Crippen LogP contribution in [0.15, 0.2) is 30.5 Å². The minimum atomic E-state index is -0.270. The number of benzene rings is 1. The third kappa shape index (κ3) is 2.96. The fourth-order valence-corrected chi connectivity index (χ4v) is 2.45. The molecule has 1 amide bonds. The van der Waals surface area contributed by atoms with Gasteiger partial charge in [-0.05, 0) is 19.1 Å². The normalized spacial score (nSPS) is 11.0. The third-order valence-corrected chi connectivity index (χ3v) is 3.62. The fraction of sp³-hybridized carbons (Fsp3) is 0.267. The number of para-hydroxylation sites is 2. The number of nitrogens with zero attached hydrogens (tertiary/aromatic N) is 3. The van der Waals surface area contributed by atoms with E-state index in [0.29, 0.717) is 24.5 Å². The van der Waals surface area contributed by atoms with Gasteiger partial charge in [0.05, 0.1) is 16.1 Å². The van der Waals surface area contributed by atoms with Gasteiger partial charge < -0.3 is 10.3 Å². The van der Waals surface area contributed by atoms with Gasteiger partial charge in [0.15, 0.2) is 5.69 Å². The lowest BCUT2D eigenvalue weighted by Gasteiger charge is -2.01. The molecule has 3 rings (SSSR count). The van der Waals surface area contributed by atoms with Crippen molar-refractivity contribution < 1.29 is 4.79 Å². The largest absolute Gasteiger partial charge is 0.350 e. The van der Waals surface area contributed by atoms with Crippen molar-refractivity contribution in [1.29, 1.82) is 0 Å². The molecule has 0 bridgehead atoms. The van der Waals surface area contributed by atoms with Gasteiger partial charge in [0.2, 0.25) is 0 Å². The van der Waals surface area contributed by atoms with E-state index in [2.05, 4.69) is 20.4 Å². The molecule has 0 saturated heterocycles. The van der Waals surface area contributed by atoms with Crippen molar-refractivity contribution >= 4 is 28.5 Å². The van der Waals surface area contributed by atoms with Crippen LogP contribution in [-0.2, 0) is 13.0 Å². The first-order valence-corrected chi connectivity index (χ1v) is 7.50. The van der Waals surface area contributed by atoms with Gasteiger partial charge in [-0.2, -0.15) is 5.10 Å². The van der Waals surface area contributed by atoms with Crippen LogP contribution >= 0.6 is 11.6 Å². The summed E-state index contributed by atoms with van der Waals surface area (Å²) < 4.78 is 1.64. The number of nitrogens with one attached hydrogen (secondary N) is 2. The maximum Gasteiger partial charge on any atom is 0.273 e. The highest BCUT2D eigenvalue weighted by Gasteiger charge is 2.14. The molecule has 0 aliphatic carbocycles. The van der Waals surface area contributed by atoms with Crippen molar-refractivity contribution in [2.75, 3.05) is 6.54 Å². The maximum atomic E-state index is 12.1. The first-order valence-electron chi connectivity index (χ1n) is 7.12. The zero-order valence-corrected chi connectivity index (χ0v) is 12.9. The molecule has 0 fully saturated rings. The molecule has 0 saturated carbocycles. The Morgan fingerprint density at radius 1 is 1.41 bits per heavy atom. The Kier molecular flexibility index (Phi) is 4.11. The number of aromatic amines is 1. The molecule has 2 N–H and O–H groups in total. The van der Waals surface area contributed by atoms with Gasteiger partial charge in [-0.3, -0.25) is 9.48 Å². The molecule has 0 aliphatic heterocycles. The fourth-order valence-electron chi connectivity index (χ4n) is 2.22. The summed E-state index contributed by atoms with van der Waals surface area (Å²) >= 11 is 6.01. The van der Waals surface area contributed by atoms with Crippen LogP contribution in [0.4, 0.5) is 0 Å².